The lowest BCUT2D eigenvalue weighted by molar-refractivity contribution is -0.945. The van der Waals surface area contributed by atoms with Gasteiger partial charge in [0.25, 0.3) is 0 Å². The molecule has 3 aromatic rings. The summed E-state index contributed by atoms with van der Waals surface area (Å²) in [5, 5.41) is 0.965. The monoisotopic (exact) mass is 382 g/mol. The maximum atomic E-state index is 12.2. The van der Waals surface area contributed by atoms with Crippen LogP contribution in [0.4, 0.5) is 0 Å². The topological polar surface area (TPSA) is 62.3 Å². The van der Waals surface area contributed by atoms with E-state index in [9.17, 15) is 4.79 Å². The molecular formula is C22H24NO5+. The van der Waals surface area contributed by atoms with E-state index in [-0.39, 0.29) is 5.63 Å². The number of benzene rings is 2. The smallest absolute Gasteiger partial charge is 0.339 e. The lowest BCUT2D eigenvalue weighted by Gasteiger charge is -2.27. The van der Waals surface area contributed by atoms with E-state index in [2.05, 4.69) is 0 Å². The van der Waals surface area contributed by atoms with Crippen LogP contribution in [-0.4, -0.2) is 21.0 Å². The molecule has 4 rings (SSSR count). The number of fused-ring (bicyclic) bond motifs is 3. The Balaban J connectivity index is 1.67. The highest BCUT2D eigenvalue weighted by atomic mass is 16.5. The minimum atomic E-state index is -0.287. The molecule has 28 heavy (non-hydrogen) atoms. The summed E-state index contributed by atoms with van der Waals surface area (Å²) in [6, 6.07) is 9.86. The molecule has 2 heterocycles. The van der Waals surface area contributed by atoms with Gasteiger partial charge in [0.2, 0.25) is 6.73 Å². The molecule has 1 unspecified atom stereocenters. The van der Waals surface area contributed by atoms with Gasteiger partial charge in [0.05, 0.1) is 19.8 Å². The highest BCUT2D eigenvalue weighted by Gasteiger charge is 2.25. The largest absolute Gasteiger partial charge is 0.493 e. The zero-order chi connectivity index (χ0) is 19.8. The van der Waals surface area contributed by atoms with Gasteiger partial charge in [0.1, 0.15) is 18.8 Å². The zero-order valence-corrected chi connectivity index (χ0v) is 16.5. The minimum absolute atomic E-state index is 0.287. The molecule has 6 nitrogen and oxygen atoms in total. The Morgan fingerprint density at radius 2 is 1.82 bits per heavy atom. The minimum Gasteiger partial charge on any atom is -0.493 e. The molecule has 146 valence electrons. The van der Waals surface area contributed by atoms with Crippen molar-refractivity contribution in [3.05, 3.63) is 63.0 Å². The van der Waals surface area contributed by atoms with E-state index in [0.29, 0.717) is 35.9 Å². The van der Waals surface area contributed by atoms with Gasteiger partial charge in [0.15, 0.2) is 17.1 Å². The van der Waals surface area contributed by atoms with E-state index < -0.39 is 0 Å². The molecule has 0 aliphatic carbocycles. The van der Waals surface area contributed by atoms with E-state index in [1.54, 1.807) is 21.1 Å². The molecule has 1 aromatic heterocycles. The van der Waals surface area contributed by atoms with E-state index >= 15 is 0 Å². The van der Waals surface area contributed by atoms with Gasteiger partial charge in [-0.3, -0.25) is 4.90 Å². The molecular weight excluding hydrogens is 358 g/mol. The Labute approximate surface area is 163 Å². The fourth-order valence-electron chi connectivity index (χ4n) is 3.72. The number of hydrogen-bond donors (Lipinski definition) is 1. The highest BCUT2D eigenvalue weighted by Crippen LogP contribution is 2.31. The Bertz CT molecular complexity index is 1100. The lowest BCUT2D eigenvalue weighted by atomic mass is 10.0. The third-order valence-electron chi connectivity index (χ3n) is 5.45. The van der Waals surface area contributed by atoms with E-state index in [1.807, 2.05) is 37.3 Å². The summed E-state index contributed by atoms with van der Waals surface area (Å²) >= 11 is 0. The number of quaternary nitrogens is 1. The zero-order valence-electron chi connectivity index (χ0n) is 16.5. The van der Waals surface area contributed by atoms with Crippen LogP contribution in [0.25, 0.3) is 11.0 Å². The number of aryl methyl sites for hydroxylation is 1. The Morgan fingerprint density at radius 3 is 2.57 bits per heavy atom. The first-order valence-corrected chi connectivity index (χ1v) is 9.25. The number of ether oxygens (including phenoxy) is 3. The van der Waals surface area contributed by atoms with Crippen LogP contribution >= 0.6 is 0 Å². The standard InChI is InChI=1S/C22H23NO5/c1-13-14(2)22(24)28-21-16(13)6-8-18-17(21)11-23(12-27-18)10-15-5-7-19(25-3)20(9-15)26-4/h5-9H,10-12H2,1-4H3/p+1. The van der Waals surface area contributed by atoms with Gasteiger partial charge in [-0.05, 0) is 49.7 Å². The van der Waals surface area contributed by atoms with Gasteiger partial charge >= 0.3 is 5.63 Å². The Hall–Kier alpha value is -2.99. The van der Waals surface area contributed by atoms with Crippen LogP contribution in [0.5, 0.6) is 17.2 Å². The molecule has 0 bridgehead atoms. The second-order valence-electron chi connectivity index (χ2n) is 7.14. The summed E-state index contributed by atoms with van der Waals surface area (Å²) in [4.78, 5) is 13.4. The molecule has 1 aliphatic rings. The van der Waals surface area contributed by atoms with Gasteiger partial charge in [-0.2, -0.15) is 0 Å². The molecule has 0 radical (unpaired) electrons. The third-order valence-corrected chi connectivity index (χ3v) is 5.45. The Morgan fingerprint density at radius 1 is 1.04 bits per heavy atom. The van der Waals surface area contributed by atoms with Gasteiger partial charge in [0, 0.05) is 16.5 Å². The molecule has 0 amide bonds. The Kier molecular flexibility index (Phi) is 4.73. The molecule has 1 N–H and O–H groups in total. The average Bonchev–Trinajstić information content (AvgIpc) is 2.72. The molecule has 0 saturated heterocycles. The predicted octanol–water partition coefficient (Wildman–Crippen LogP) is 2.36. The number of nitrogens with one attached hydrogen (secondary N) is 1. The van der Waals surface area contributed by atoms with Crippen molar-refractivity contribution in [3.8, 4) is 17.2 Å². The van der Waals surface area contributed by atoms with Gasteiger partial charge in [-0.15, -0.1) is 0 Å². The van der Waals surface area contributed by atoms with Crippen molar-refractivity contribution in [1.29, 1.82) is 0 Å². The van der Waals surface area contributed by atoms with Crippen molar-refractivity contribution in [1.82, 2.24) is 0 Å². The van der Waals surface area contributed by atoms with Crippen LogP contribution in [0, 0.1) is 13.8 Å². The van der Waals surface area contributed by atoms with Gasteiger partial charge in [-0.1, -0.05) is 0 Å². The van der Waals surface area contributed by atoms with Crippen LogP contribution in [-0.2, 0) is 13.1 Å². The summed E-state index contributed by atoms with van der Waals surface area (Å²) < 4.78 is 22.3. The second-order valence-corrected chi connectivity index (χ2v) is 7.14. The summed E-state index contributed by atoms with van der Waals surface area (Å²) in [5.41, 5.74) is 4.02. The summed E-state index contributed by atoms with van der Waals surface area (Å²) in [6.07, 6.45) is 0. The van der Waals surface area contributed by atoms with Gasteiger partial charge in [-0.25, -0.2) is 4.79 Å². The van der Waals surface area contributed by atoms with Crippen LogP contribution in [0.15, 0.2) is 39.5 Å². The van der Waals surface area contributed by atoms with Crippen molar-refractivity contribution in [3.63, 3.8) is 0 Å². The van der Waals surface area contributed by atoms with E-state index in [0.717, 1.165) is 34.4 Å². The number of methoxy groups -OCH3 is 2. The number of rotatable bonds is 4. The van der Waals surface area contributed by atoms with Crippen molar-refractivity contribution in [2.45, 2.75) is 26.9 Å². The van der Waals surface area contributed by atoms with Crippen LogP contribution in [0.1, 0.15) is 22.3 Å². The predicted molar refractivity (Wildman–Crippen MR) is 105 cm³/mol. The summed E-state index contributed by atoms with van der Waals surface area (Å²) in [5.74, 6) is 2.20. The van der Waals surface area contributed by atoms with Crippen LogP contribution in [0.3, 0.4) is 0 Å². The molecule has 0 saturated carbocycles. The van der Waals surface area contributed by atoms with Crippen molar-refractivity contribution < 1.29 is 23.5 Å². The van der Waals surface area contributed by atoms with Gasteiger partial charge < -0.3 is 18.6 Å². The van der Waals surface area contributed by atoms with Crippen molar-refractivity contribution in [2.24, 2.45) is 0 Å². The average molecular weight is 382 g/mol. The normalized spacial score (nSPS) is 15.8. The molecule has 2 aromatic carbocycles. The first-order valence-electron chi connectivity index (χ1n) is 9.25. The van der Waals surface area contributed by atoms with Crippen LogP contribution in [0.2, 0.25) is 0 Å². The first-order chi connectivity index (χ1) is 13.5. The lowest BCUT2D eigenvalue weighted by Crippen LogP contribution is -3.10. The molecule has 1 atom stereocenters. The van der Waals surface area contributed by atoms with E-state index in [4.69, 9.17) is 18.6 Å². The van der Waals surface area contributed by atoms with Crippen molar-refractivity contribution >= 4 is 11.0 Å². The molecule has 0 fully saturated rings. The first kappa shape index (κ1) is 18.4. The third kappa shape index (κ3) is 3.10. The highest BCUT2D eigenvalue weighted by molar-refractivity contribution is 5.85. The van der Waals surface area contributed by atoms with Crippen LogP contribution < -0.4 is 24.7 Å². The SMILES string of the molecule is COc1ccc(C[NH+]2COc3ccc4c(C)c(C)c(=O)oc4c3C2)cc1OC. The quantitative estimate of drug-likeness (QED) is 0.702. The molecule has 1 aliphatic heterocycles. The fourth-order valence-corrected chi connectivity index (χ4v) is 3.72. The number of hydrogen-bond acceptors (Lipinski definition) is 5. The maximum Gasteiger partial charge on any atom is 0.339 e. The second kappa shape index (κ2) is 7.20. The summed E-state index contributed by atoms with van der Waals surface area (Å²) in [6.45, 7) is 5.77. The summed E-state index contributed by atoms with van der Waals surface area (Å²) in [7, 11) is 3.26. The molecule has 6 heteroatoms. The fraction of sp³-hybridized carbons (Fsp3) is 0.318. The van der Waals surface area contributed by atoms with E-state index in [1.165, 1.54) is 4.90 Å². The van der Waals surface area contributed by atoms with Crippen molar-refractivity contribution in [2.75, 3.05) is 21.0 Å². The molecule has 0 spiro atoms. The maximum absolute atomic E-state index is 12.2.